The van der Waals surface area contributed by atoms with Crippen LogP contribution in [0.3, 0.4) is 0 Å². The van der Waals surface area contributed by atoms with E-state index in [1.807, 2.05) is 13.8 Å². The average molecular weight is 258 g/mol. The molecule has 1 atom stereocenters. The van der Waals surface area contributed by atoms with Gasteiger partial charge in [0.2, 0.25) is 0 Å². The zero-order chi connectivity index (χ0) is 13.9. The molecule has 0 aliphatic rings. The van der Waals surface area contributed by atoms with Crippen LogP contribution in [0.25, 0.3) is 0 Å². The topological polar surface area (TPSA) is 61.3 Å². The first-order valence-electron chi connectivity index (χ1n) is 5.82. The lowest BCUT2D eigenvalue weighted by Gasteiger charge is -2.21. The highest BCUT2D eigenvalue weighted by molar-refractivity contribution is 5.32. The van der Waals surface area contributed by atoms with Gasteiger partial charge in [0.15, 0.2) is 11.6 Å². The molecule has 1 aromatic carbocycles. The Morgan fingerprint density at radius 3 is 2.39 bits per heavy atom. The predicted octanol–water partition coefficient (Wildman–Crippen LogP) is 2.49. The molecule has 0 bridgehead atoms. The Labute approximate surface area is 106 Å². The second kappa shape index (κ2) is 5.63. The Hall–Kier alpha value is -1.20. The van der Waals surface area contributed by atoms with Gasteiger partial charge in [-0.05, 0) is 32.8 Å². The summed E-state index contributed by atoms with van der Waals surface area (Å²) < 4.78 is 31.9. The van der Waals surface area contributed by atoms with Gasteiger partial charge in [-0.2, -0.15) is 0 Å². The molecule has 0 radical (unpaired) electrons. The molecule has 1 unspecified atom stereocenters. The Kier molecular flexibility index (Phi) is 4.65. The summed E-state index contributed by atoms with van der Waals surface area (Å²) in [5, 5.41) is 0. The van der Waals surface area contributed by atoms with Crippen LogP contribution < -0.4 is 16.2 Å². The van der Waals surface area contributed by atoms with Crippen molar-refractivity contribution in [2.45, 2.75) is 38.3 Å². The number of ether oxygens (including phenoxy) is 1. The molecule has 1 rings (SSSR count). The van der Waals surface area contributed by atoms with Gasteiger partial charge >= 0.3 is 0 Å². The number of methoxy groups -OCH3 is 1. The highest BCUT2D eigenvalue weighted by Gasteiger charge is 2.19. The number of hydrogen-bond acceptors (Lipinski definition) is 3. The summed E-state index contributed by atoms with van der Waals surface area (Å²) in [6.07, 6.45) is 1.12. The first-order chi connectivity index (χ1) is 8.24. The minimum atomic E-state index is -0.614. The van der Waals surface area contributed by atoms with Crippen LogP contribution in [-0.4, -0.2) is 12.6 Å². The minimum absolute atomic E-state index is 0.123. The summed E-state index contributed by atoms with van der Waals surface area (Å²) in [5.41, 5.74) is 11.5. The molecule has 0 aliphatic heterocycles. The first-order valence-corrected chi connectivity index (χ1v) is 5.82. The quantitative estimate of drug-likeness (QED) is 0.853. The predicted molar refractivity (Wildman–Crippen MR) is 67.3 cm³/mol. The lowest BCUT2D eigenvalue weighted by molar-refractivity contribution is 0.379. The van der Waals surface area contributed by atoms with Crippen molar-refractivity contribution in [2.75, 3.05) is 7.11 Å². The molecule has 1 aromatic rings. The SMILES string of the molecule is COc1cc(F)c(C(N)CCC(C)(C)N)cc1F. The van der Waals surface area contributed by atoms with Crippen molar-refractivity contribution >= 4 is 0 Å². The number of halogens is 2. The van der Waals surface area contributed by atoms with Gasteiger partial charge in [0.1, 0.15) is 5.82 Å². The Bertz CT molecular complexity index is 416. The number of benzene rings is 1. The fourth-order valence-corrected chi connectivity index (χ4v) is 1.67. The largest absolute Gasteiger partial charge is 0.494 e. The molecule has 0 spiro atoms. The standard InChI is InChI=1S/C13H20F2N2O/c1-13(2,17)5-4-11(16)8-6-10(15)12(18-3)7-9(8)14/h6-7,11H,4-5,16-17H2,1-3H3. The first kappa shape index (κ1) is 14.9. The van der Waals surface area contributed by atoms with Gasteiger partial charge in [-0.3, -0.25) is 0 Å². The van der Waals surface area contributed by atoms with E-state index < -0.39 is 17.7 Å². The number of hydrogen-bond donors (Lipinski definition) is 2. The van der Waals surface area contributed by atoms with E-state index in [1.54, 1.807) is 0 Å². The monoisotopic (exact) mass is 258 g/mol. The highest BCUT2D eigenvalue weighted by Crippen LogP contribution is 2.27. The molecule has 18 heavy (non-hydrogen) atoms. The third-order valence-corrected chi connectivity index (χ3v) is 2.77. The molecule has 0 aromatic heterocycles. The fourth-order valence-electron chi connectivity index (χ4n) is 1.67. The van der Waals surface area contributed by atoms with Gasteiger partial charge in [-0.15, -0.1) is 0 Å². The highest BCUT2D eigenvalue weighted by atomic mass is 19.1. The molecule has 102 valence electrons. The van der Waals surface area contributed by atoms with Crippen molar-refractivity contribution in [2.24, 2.45) is 11.5 Å². The zero-order valence-corrected chi connectivity index (χ0v) is 11.0. The third kappa shape index (κ3) is 3.92. The Balaban J connectivity index is 2.86. The molecule has 0 aliphatic carbocycles. The Morgan fingerprint density at radius 1 is 1.28 bits per heavy atom. The molecule has 0 fully saturated rings. The maximum atomic E-state index is 13.7. The van der Waals surface area contributed by atoms with E-state index in [0.717, 1.165) is 12.1 Å². The van der Waals surface area contributed by atoms with Crippen LogP contribution in [-0.2, 0) is 0 Å². The van der Waals surface area contributed by atoms with Gasteiger partial charge in [-0.25, -0.2) is 8.78 Å². The molecule has 3 nitrogen and oxygen atoms in total. The van der Waals surface area contributed by atoms with Crippen LogP contribution in [0.5, 0.6) is 5.75 Å². The van der Waals surface area contributed by atoms with Crippen molar-refractivity contribution in [1.29, 1.82) is 0 Å². The molecule has 0 saturated carbocycles. The smallest absolute Gasteiger partial charge is 0.165 e. The third-order valence-electron chi connectivity index (χ3n) is 2.77. The van der Waals surface area contributed by atoms with E-state index in [2.05, 4.69) is 0 Å². The molecule has 0 amide bonds. The van der Waals surface area contributed by atoms with Crippen LogP contribution in [0.2, 0.25) is 0 Å². The van der Waals surface area contributed by atoms with Gasteiger partial charge in [-0.1, -0.05) is 0 Å². The fraction of sp³-hybridized carbons (Fsp3) is 0.538. The van der Waals surface area contributed by atoms with E-state index >= 15 is 0 Å². The molecule has 4 N–H and O–H groups in total. The summed E-state index contributed by atoms with van der Waals surface area (Å²) >= 11 is 0. The molecule has 5 heteroatoms. The molecular formula is C13H20F2N2O. The van der Waals surface area contributed by atoms with Crippen molar-refractivity contribution in [3.05, 3.63) is 29.3 Å². The van der Waals surface area contributed by atoms with E-state index in [4.69, 9.17) is 16.2 Å². The van der Waals surface area contributed by atoms with Gasteiger partial charge < -0.3 is 16.2 Å². The minimum Gasteiger partial charge on any atom is -0.494 e. The van der Waals surface area contributed by atoms with Gasteiger partial charge in [0.05, 0.1) is 7.11 Å². The van der Waals surface area contributed by atoms with Crippen molar-refractivity contribution in [3.63, 3.8) is 0 Å². The van der Waals surface area contributed by atoms with Crippen LogP contribution in [0, 0.1) is 11.6 Å². The summed E-state index contributed by atoms with van der Waals surface area (Å²) in [4.78, 5) is 0. The van der Waals surface area contributed by atoms with Crippen molar-refractivity contribution < 1.29 is 13.5 Å². The Morgan fingerprint density at radius 2 is 1.89 bits per heavy atom. The normalized spacial score (nSPS) is 13.5. The van der Waals surface area contributed by atoms with Gasteiger partial charge in [0.25, 0.3) is 0 Å². The van der Waals surface area contributed by atoms with Crippen LogP contribution in [0.1, 0.15) is 38.3 Å². The number of nitrogens with two attached hydrogens (primary N) is 2. The van der Waals surface area contributed by atoms with E-state index in [-0.39, 0.29) is 16.9 Å². The second-order valence-corrected chi connectivity index (χ2v) is 5.14. The summed E-state index contributed by atoms with van der Waals surface area (Å²) in [6.45, 7) is 3.73. The molecule has 0 heterocycles. The average Bonchev–Trinajstić information content (AvgIpc) is 2.27. The van der Waals surface area contributed by atoms with Crippen LogP contribution >= 0.6 is 0 Å². The van der Waals surface area contributed by atoms with E-state index in [1.165, 1.54) is 7.11 Å². The lowest BCUT2D eigenvalue weighted by Crippen LogP contribution is -2.33. The van der Waals surface area contributed by atoms with E-state index in [9.17, 15) is 8.78 Å². The zero-order valence-electron chi connectivity index (χ0n) is 11.0. The summed E-state index contributed by atoms with van der Waals surface area (Å²) in [6, 6.07) is 1.52. The van der Waals surface area contributed by atoms with Crippen molar-refractivity contribution in [1.82, 2.24) is 0 Å². The van der Waals surface area contributed by atoms with E-state index in [0.29, 0.717) is 12.8 Å². The maximum Gasteiger partial charge on any atom is 0.165 e. The summed E-state index contributed by atoms with van der Waals surface area (Å²) in [7, 11) is 1.29. The van der Waals surface area contributed by atoms with Crippen LogP contribution in [0.15, 0.2) is 12.1 Å². The van der Waals surface area contributed by atoms with Gasteiger partial charge in [0, 0.05) is 23.2 Å². The molecule has 0 saturated heterocycles. The second-order valence-electron chi connectivity index (χ2n) is 5.14. The van der Waals surface area contributed by atoms with Crippen LogP contribution in [0.4, 0.5) is 8.78 Å². The summed E-state index contributed by atoms with van der Waals surface area (Å²) in [5.74, 6) is -1.30. The number of rotatable bonds is 5. The lowest BCUT2D eigenvalue weighted by atomic mass is 9.93. The molecular weight excluding hydrogens is 238 g/mol. The maximum absolute atomic E-state index is 13.7. The van der Waals surface area contributed by atoms with Crippen molar-refractivity contribution in [3.8, 4) is 5.75 Å².